The van der Waals surface area contributed by atoms with Crippen LogP contribution in [0, 0.1) is 20.8 Å². The second-order valence-electron chi connectivity index (χ2n) is 3.91. The van der Waals surface area contributed by atoms with Crippen molar-refractivity contribution in [3.05, 3.63) is 45.8 Å². The number of aryl methyl sites for hydroxylation is 3. The summed E-state index contributed by atoms with van der Waals surface area (Å²) in [6, 6.07) is 7.74. The van der Waals surface area contributed by atoms with Crippen LogP contribution in [0.5, 0.6) is 11.6 Å². The number of halogens is 1. The van der Waals surface area contributed by atoms with Gasteiger partial charge < -0.3 is 4.74 Å². The molecule has 4 heteroatoms. The van der Waals surface area contributed by atoms with E-state index in [0.717, 1.165) is 21.5 Å². The number of hydrogen-bond acceptors (Lipinski definition) is 3. The lowest BCUT2D eigenvalue weighted by molar-refractivity contribution is 0.455. The third kappa shape index (κ3) is 3.03. The number of aromatic nitrogens is 2. The minimum absolute atomic E-state index is 0.580. The average molecular weight is 293 g/mol. The molecule has 88 valence electrons. The fraction of sp³-hybridized carbons (Fsp3) is 0.231. The molecule has 0 aliphatic carbocycles. The van der Waals surface area contributed by atoms with Gasteiger partial charge in [-0.1, -0.05) is 22.0 Å². The number of rotatable bonds is 2. The lowest BCUT2D eigenvalue weighted by Crippen LogP contribution is -1.96. The van der Waals surface area contributed by atoms with E-state index in [-0.39, 0.29) is 0 Å². The lowest BCUT2D eigenvalue weighted by Gasteiger charge is -2.09. The summed E-state index contributed by atoms with van der Waals surface area (Å²) in [4.78, 5) is 8.47. The van der Waals surface area contributed by atoms with E-state index in [1.165, 1.54) is 0 Å². The van der Waals surface area contributed by atoms with Crippen LogP contribution >= 0.6 is 15.9 Å². The largest absolute Gasteiger partial charge is 0.439 e. The molecule has 0 radical (unpaired) electrons. The highest BCUT2D eigenvalue weighted by molar-refractivity contribution is 9.10. The van der Waals surface area contributed by atoms with Crippen molar-refractivity contribution in [3.63, 3.8) is 0 Å². The number of ether oxygens (including phenoxy) is 1. The molecule has 0 spiro atoms. The summed E-state index contributed by atoms with van der Waals surface area (Å²) in [5, 5.41) is 0. The van der Waals surface area contributed by atoms with Crippen molar-refractivity contribution in [3.8, 4) is 11.6 Å². The quantitative estimate of drug-likeness (QED) is 0.840. The second-order valence-corrected chi connectivity index (χ2v) is 4.82. The van der Waals surface area contributed by atoms with Crippen LogP contribution in [0.4, 0.5) is 0 Å². The van der Waals surface area contributed by atoms with Crippen molar-refractivity contribution < 1.29 is 4.74 Å². The first kappa shape index (κ1) is 12.0. The topological polar surface area (TPSA) is 35.0 Å². The van der Waals surface area contributed by atoms with Crippen molar-refractivity contribution in [2.75, 3.05) is 0 Å². The Balaban J connectivity index is 2.34. The first-order valence-electron chi connectivity index (χ1n) is 5.31. The second kappa shape index (κ2) is 4.84. The molecule has 0 fully saturated rings. The van der Waals surface area contributed by atoms with Crippen LogP contribution in [0.25, 0.3) is 0 Å². The first-order valence-corrected chi connectivity index (χ1v) is 6.10. The van der Waals surface area contributed by atoms with Gasteiger partial charge in [0.15, 0.2) is 0 Å². The number of nitrogens with zero attached hydrogens (tertiary/aromatic N) is 2. The van der Waals surface area contributed by atoms with Crippen LogP contribution in [0.3, 0.4) is 0 Å². The summed E-state index contributed by atoms with van der Waals surface area (Å²) in [5.41, 5.74) is 1.97. The summed E-state index contributed by atoms with van der Waals surface area (Å²) in [5.74, 6) is 2.10. The number of hydrogen-bond donors (Lipinski definition) is 0. The van der Waals surface area contributed by atoms with E-state index in [2.05, 4.69) is 25.9 Å². The van der Waals surface area contributed by atoms with E-state index in [0.29, 0.717) is 11.7 Å². The molecule has 0 saturated carbocycles. The van der Waals surface area contributed by atoms with Crippen LogP contribution in [0.1, 0.15) is 17.1 Å². The van der Waals surface area contributed by atoms with Gasteiger partial charge in [-0.15, -0.1) is 0 Å². The maximum absolute atomic E-state index is 5.77. The van der Waals surface area contributed by atoms with Crippen LogP contribution in [0.15, 0.2) is 28.7 Å². The minimum Gasteiger partial charge on any atom is -0.439 e. The normalized spacial score (nSPS) is 10.4. The Hall–Kier alpha value is -1.42. The molecule has 1 aromatic carbocycles. The van der Waals surface area contributed by atoms with Gasteiger partial charge in [0.2, 0.25) is 5.88 Å². The van der Waals surface area contributed by atoms with Crippen molar-refractivity contribution in [2.45, 2.75) is 20.8 Å². The molecule has 0 unspecified atom stereocenters. The Kier molecular flexibility index (Phi) is 3.43. The van der Waals surface area contributed by atoms with Gasteiger partial charge in [-0.3, -0.25) is 0 Å². The highest BCUT2D eigenvalue weighted by Crippen LogP contribution is 2.27. The smallest absolute Gasteiger partial charge is 0.222 e. The predicted octanol–water partition coefficient (Wildman–Crippen LogP) is 3.96. The van der Waals surface area contributed by atoms with Crippen LogP contribution in [-0.4, -0.2) is 9.97 Å². The van der Waals surface area contributed by atoms with Crippen molar-refractivity contribution in [2.24, 2.45) is 0 Å². The summed E-state index contributed by atoms with van der Waals surface area (Å²) < 4.78 is 6.76. The Labute approximate surface area is 109 Å². The van der Waals surface area contributed by atoms with Gasteiger partial charge in [0.1, 0.15) is 11.6 Å². The van der Waals surface area contributed by atoms with E-state index in [9.17, 15) is 0 Å². The van der Waals surface area contributed by atoms with Crippen molar-refractivity contribution in [1.82, 2.24) is 9.97 Å². The Bertz CT molecular complexity index is 535. The zero-order chi connectivity index (χ0) is 12.4. The minimum atomic E-state index is 0.580. The molecule has 0 N–H and O–H groups in total. The van der Waals surface area contributed by atoms with Gasteiger partial charge in [-0.25, -0.2) is 4.98 Å². The standard InChI is InChI=1S/C13H13BrN2O/c1-8-4-5-11(14)7-12(8)17-13-6-9(2)15-10(3)16-13/h4-7H,1-3H3. The molecule has 17 heavy (non-hydrogen) atoms. The van der Waals surface area contributed by atoms with Crippen LogP contribution in [0.2, 0.25) is 0 Å². The molecule has 3 nitrogen and oxygen atoms in total. The monoisotopic (exact) mass is 292 g/mol. The summed E-state index contributed by atoms with van der Waals surface area (Å²) in [6.07, 6.45) is 0. The SMILES string of the molecule is Cc1cc(Oc2cc(Br)ccc2C)nc(C)n1. The van der Waals surface area contributed by atoms with Gasteiger partial charge in [-0.2, -0.15) is 4.98 Å². The first-order chi connectivity index (χ1) is 8.04. The molecular formula is C13H13BrN2O. The van der Waals surface area contributed by atoms with Crippen molar-refractivity contribution in [1.29, 1.82) is 0 Å². The Morgan fingerprint density at radius 3 is 2.53 bits per heavy atom. The molecule has 0 aliphatic rings. The predicted molar refractivity (Wildman–Crippen MR) is 70.5 cm³/mol. The van der Waals surface area contributed by atoms with Gasteiger partial charge in [0.25, 0.3) is 0 Å². The summed E-state index contributed by atoms with van der Waals surface area (Å²) in [6.45, 7) is 5.78. The van der Waals surface area contributed by atoms with E-state index in [1.807, 2.05) is 45.0 Å². The van der Waals surface area contributed by atoms with E-state index >= 15 is 0 Å². The van der Waals surface area contributed by atoms with Crippen molar-refractivity contribution >= 4 is 15.9 Å². The molecule has 0 saturated heterocycles. The Morgan fingerprint density at radius 1 is 1.06 bits per heavy atom. The molecule has 2 rings (SSSR count). The molecule has 0 atom stereocenters. The third-order valence-electron chi connectivity index (χ3n) is 2.31. The molecule has 1 heterocycles. The van der Waals surface area contributed by atoms with Gasteiger partial charge in [-0.05, 0) is 38.5 Å². The van der Waals surface area contributed by atoms with Gasteiger partial charge >= 0.3 is 0 Å². The third-order valence-corrected chi connectivity index (χ3v) is 2.80. The molecule has 1 aromatic heterocycles. The van der Waals surface area contributed by atoms with E-state index < -0.39 is 0 Å². The highest BCUT2D eigenvalue weighted by atomic mass is 79.9. The molecular weight excluding hydrogens is 280 g/mol. The van der Waals surface area contributed by atoms with Gasteiger partial charge in [0, 0.05) is 16.2 Å². The zero-order valence-electron chi connectivity index (χ0n) is 9.99. The summed E-state index contributed by atoms with van der Waals surface area (Å²) >= 11 is 3.43. The summed E-state index contributed by atoms with van der Waals surface area (Å²) in [7, 11) is 0. The van der Waals surface area contributed by atoms with E-state index in [1.54, 1.807) is 0 Å². The maximum Gasteiger partial charge on any atom is 0.222 e. The Morgan fingerprint density at radius 2 is 1.82 bits per heavy atom. The van der Waals surface area contributed by atoms with Gasteiger partial charge in [0.05, 0.1) is 0 Å². The highest BCUT2D eigenvalue weighted by Gasteiger charge is 2.05. The molecule has 2 aromatic rings. The zero-order valence-corrected chi connectivity index (χ0v) is 11.6. The van der Waals surface area contributed by atoms with E-state index in [4.69, 9.17) is 4.74 Å². The lowest BCUT2D eigenvalue weighted by atomic mass is 10.2. The molecule has 0 aliphatic heterocycles. The van der Waals surface area contributed by atoms with Crippen LogP contribution < -0.4 is 4.74 Å². The number of benzene rings is 1. The molecule has 0 bridgehead atoms. The van der Waals surface area contributed by atoms with Crippen LogP contribution in [-0.2, 0) is 0 Å². The molecule has 0 amide bonds. The maximum atomic E-state index is 5.77. The average Bonchev–Trinajstić information content (AvgIpc) is 2.22. The fourth-order valence-electron chi connectivity index (χ4n) is 1.53. The fourth-order valence-corrected chi connectivity index (χ4v) is 1.87.